The van der Waals surface area contributed by atoms with Crippen LogP contribution in [0.2, 0.25) is 4.34 Å². The highest BCUT2D eigenvalue weighted by atomic mass is 35.5. The van der Waals surface area contributed by atoms with Gasteiger partial charge in [0.25, 0.3) is 5.91 Å². The molecule has 0 aliphatic carbocycles. The molecule has 0 unspecified atom stereocenters. The molecule has 1 aliphatic rings. The van der Waals surface area contributed by atoms with Crippen molar-refractivity contribution in [3.8, 4) is 0 Å². The fourth-order valence-electron chi connectivity index (χ4n) is 2.06. The van der Waals surface area contributed by atoms with Crippen molar-refractivity contribution in [2.75, 3.05) is 31.1 Å². The summed E-state index contributed by atoms with van der Waals surface area (Å²) in [4.78, 5) is 21.4. The van der Waals surface area contributed by atoms with E-state index in [1.807, 2.05) is 16.5 Å². The second kappa shape index (κ2) is 5.48. The van der Waals surface area contributed by atoms with Crippen LogP contribution in [0.5, 0.6) is 0 Å². The van der Waals surface area contributed by atoms with Crippen LogP contribution in [0.25, 0.3) is 0 Å². The Labute approximate surface area is 124 Å². The van der Waals surface area contributed by atoms with Gasteiger partial charge >= 0.3 is 0 Å². The van der Waals surface area contributed by atoms with Crippen LogP contribution < -0.4 is 4.90 Å². The normalized spacial score (nSPS) is 15.8. The lowest BCUT2D eigenvalue weighted by Crippen LogP contribution is -2.48. The molecule has 100 valence electrons. The third-order valence-electron chi connectivity index (χ3n) is 3.04. The van der Waals surface area contributed by atoms with E-state index in [9.17, 15) is 4.79 Å². The Kier molecular flexibility index (Phi) is 3.72. The van der Waals surface area contributed by atoms with Crippen LogP contribution in [0, 0.1) is 0 Å². The summed E-state index contributed by atoms with van der Waals surface area (Å²) in [5, 5.41) is 3.01. The first kappa shape index (κ1) is 12.9. The van der Waals surface area contributed by atoms with E-state index in [1.54, 1.807) is 23.5 Å². The molecule has 0 N–H and O–H groups in total. The van der Waals surface area contributed by atoms with E-state index in [4.69, 9.17) is 11.6 Å². The molecule has 0 radical (unpaired) electrons. The molecule has 0 atom stereocenters. The predicted octanol–water partition coefficient (Wildman–Crippen LogP) is 2.82. The van der Waals surface area contributed by atoms with Gasteiger partial charge in [0.15, 0.2) is 5.13 Å². The monoisotopic (exact) mass is 313 g/mol. The first-order valence-electron chi connectivity index (χ1n) is 5.93. The second-order valence-electron chi connectivity index (χ2n) is 4.20. The highest BCUT2D eigenvalue weighted by Crippen LogP contribution is 2.24. The number of thiazole rings is 1. The summed E-state index contributed by atoms with van der Waals surface area (Å²) in [5.74, 6) is 0.0793. The third-order valence-corrected chi connectivity index (χ3v) is 5.09. The maximum absolute atomic E-state index is 12.3. The smallest absolute Gasteiger partial charge is 0.264 e. The first-order valence-corrected chi connectivity index (χ1v) is 8.00. The van der Waals surface area contributed by atoms with Crippen LogP contribution >= 0.6 is 34.3 Å². The molecule has 0 saturated carbocycles. The summed E-state index contributed by atoms with van der Waals surface area (Å²) in [6.45, 7) is 3.12. The lowest BCUT2D eigenvalue weighted by Gasteiger charge is -2.34. The molecule has 4 nitrogen and oxygen atoms in total. The number of thiophene rings is 1. The molecule has 0 aromatic carbocycles. The molecular weight excluding hydrogens is 302 g/mol. The number of rotatable bonds is 2. The average Bonchev–Trinajstić information content (AvgIpc) is 3.09. The van der Waals surface area contributed by atoms with Crippen molar-refractivity contribution in [3.63, 3.8) is 0 Å². The van der Waals surface area contributed by atoms with Gasteiger partial charge in [-0.3, -0.25) is 4.79 Å². The van der Waals surface area contributed by atoms with Gasteiger partial charge in [-0.2, -0.15) is 0 Å². The Bertz CT molecular complexity index is 561. The molecular formula is C12H12ClN3OS2. The van der Waals surface area contributed by atoms with E-state index in [0.29, 0.717) is 9.21 Å². The zero-order chi connectivity index (χ0) is 13.2. The van der Waals surface area contributed by atoms with E-state index >= 15 is 0 Å². The van der Waals surface area contributed by atoms with E-state index in [0.717, 1.165) is 31.3 Å². The molecule has 3 rings (SSSR count). The van der Waals surface area contributed by atoms with Gasteiger partial charge in [0.1, 0.15) is 0 Å². The Morgan fingerprint density at radius 3 is 2.63 bits per heavy atom. The molecule has 2 aromatic rings. The zero-order valence-corrected chi connectivity index (χ0v) is 12.5. The molecule has 1 saturated heterocycles. The van der Waals surface area contributed by atoms with Gasteiger partial charge in [0.2, 0.25) is 0 Å². The van der Waals surface area contributed by atoms with E-state index in [1.165, 1.54) is 11.3 Å². The highest BCUT2D eigenvalue weighted by Gasteiger charge is 2.24. The Morgan fingerprint density at radius 1 is 1.26 bits per heavy atom. The number of halogens is 1. The third kappa shape index (κ3) is 2.75. The number of carbonyl (C=O) groups excluding carboxylic acids is 1. The molecule has 0 bridgehead atoms. The number of amides is 1. The van der Waals surface area contributed by atoms with Gasteiger partial charge < -0.3 is 9.80 Å². The summed E-state index contributed by atoms with van der Waals surface area (Å²) >= 11 is 8.84. The summed E-state index contributed by atoms with van der Waals surface area (Å²) in [6.07, 6.45) is 1.81. The molecule has 1 amide bonds. The van der Waals surface area contributed by atoms with Crippen molar-refractivity contribution in [1.82, 2.24) is 9.88 Å². The quantitative estimate of drug-likeness (QED) is 0.855. The van der Waals surface area contributed by atoms with Gasteiger partial charge in [-0.15, -0.1) is 22.7 Å². The number of piperazine rings is 1. The topological polar surface area (TPSA) is 36.4 Å². The average molecular weight is 314 g/mol. The van der Waals surface area contributed by atoms with Crippen LogP contribution in [0.1, 0.15) is 9.67 Å². The highest BCUT2D eigenvalue weighted by molar-refractivity contribution is 7.18. The minimum atomic E-state index is 0.0793. The molecule has 3 heterocycles. The second-order valence-corrected chi connectivity index (χ2v) is 6.79. The number of hydrogen-bond donors (Lipinski definition) is 0. The first-order chi connectivity index (χ1) is 9.24. The van der Waals surface area contributed by atoms with Crippen molar-refractivity contribution in [2.45, 2.75) is 0 Å². The summed E-state index contributed by atoms with van der Waals surface area (Å²) in [6, 6.07) is 3.56. The standard InChI is InChI=1S/C12H12ClN3OS2/c13-10-2-1-9(19-10)11(17)15-4-6-16(7-5-15)12-14-3-8-18-12/h1-3,8H,4-7H2. The SMILES string of the molecule is O=C(c1ccc(Cl)s1)N1CCN(c2nccs2)CC1. The van der Waals surface area contributed by atoms with Gasteiger partial charge in [-0.05, 0) is 12.1 Å². The number of anilines is 1. The van der Waals surface area contributed by atoms with Crippen molar-refractivity contribution in [2.24, 2.45) is 0 Å². The lowest BCUT2D eigenvalue weighted by molar-refractivity contribution is 0.0751. The van der Waals surface area contributed by atoms with Gasteiger partial charge in [-0.25, -0.2) is 4.98 Å². The predicted molar refractivity (Wildman–Crippen MR) is 79.6 cm³/mol. The summed E-state index contributed by atoms with van der Waals surface area (Å²) < 4.78 is 0.657. The molecule has 0 spiro atoms. The van der Waals surface area contributed by atoms with Crippen LogP contribution in [0.3, 0.4) is 0 Å². The van der Waals surface area contributed by atoms with E-state index < -0.39 is 0 Å². The minimum Gasteiger partial charge on any atom is -0.345 e. The van der Waals surface area contributed by atoms with Crippen molar-refractivity contribution in [1.29, 1.82) is 0 Å². The van der Waals surface area contributed by atoms with Crippen molar-refractivity contribution in [3.05, 3.63) is 32.9 Å². The Morgan fingerprint density at radius 2 is 2.05 bits per heavy atom. The summed E-state index contributed by atoms with van der Waals surface area (Å²) in [7, 11) is 0. The van der Waals surface area contributed by atoms with E-state index in [-0.39, 0.29) is 5.91 Å². The fourth-order valence-corrected chi connectivity index (χ4v) is 3.77. The maximum atomic E-state index is 12.3. The maximum Gasteiger partial charge on any atom is 0.264 e. The summed E-state index contributed by atoms with van der Waals surface area (Å²) in [5.41, 5.74) is 0. The van der Waals surface area contributed by atoms with Gasteiger partial charge in [0.05, 0.1) is 9.21 Å². The number of carbonyl (C=O) groups is 1. The number of nitrogens with zero attached hydrogens (tertiary/aromatic N) is 3. The molecule has 7 heteroatoms. The van der Waals surface area contributed by atoms with Gasteiger partial charge in [0, 0.05) is 37.8 Å². The number of aromatic nitrogens is 1. The Hall–Kier alpha value is -1.11. The van der Waals surface area contributed by atoms with Crippen LogP contribution in [-0.2, 0) is 0 Å². The molecule has 1 aliphatic heterocycles. The van der Waals surface area contributed by atoms with Gasteiger partial charge in [-0.1, -0.05) is 11.6 Å². The van der Waals surface area contributed by atoms with Crippen LogP contribution in [0.15, 0.2) is 23.7 Å². The molecule has 19 heavy (non-hydrogen) atoms. The van der Waals surface area contributed by atoms with Crippen LogP contribution in [-0.4, -0.2) is 42.0 Å². The largest absolute Gasteiger partial charge is 0.345 e. The van der Waals surface area contributed by atoms with Crippen molar-refractivity contribution < 1.29 is 4.79 Å². The molecule has 2 aromatic heterocycles. The lowest BCUT2D eigenvalue weighted by atomic mass is 10.3. The fraction of sp³-hybridized carbons (Fsp3) is 0.333. The number of hydrogen-bond acceptors (Lipinski definition) is 5. The minimum absolute atomic E-state index is 0.0793. The van der Waals surface area contributed by atoms with Crippen molar-refractivity contribution >= 4 is 45.3 Å². The van der Waals surface area contributed by atoms with E-state index in [2.05, 4.69) is 9.88 Å². The van der Waals surface area contributed by atoms with Crippen LogP contribution in [0.4, 0.5) is 5.13 Å². The molecule has 1 fully saturated rings. The zero-order valence-electron chi connectivity index (χ0n) is 10.1. The Balaban J connectivity index is 1.62.